The van der Waals surface area contributed by atoms with Gasteiger partial charge in [0.25, 0.3) is 5.91 Å². The Labute approximate surface area is 115 Å². The predicted molar refractivity (Wildman–Crippen MR) is 72.5 cm³/mol. The number of halogens is 1. The van der Waals surface area contributed by atoms with Crippen LogP contribution in [0.5, 0.6) is 0 Å². The lowest BCUT2D eigenvalue weighted by Gasteiger charge is -2.32. The summed E-state index contributed by atoms with van der Waals surface area (Å²) in [6.45, 7) is 3.70. The first-order valence-electron chi connectivity index (χ1n) is 6.23. The van der Waals surface area contributed by atoms with Crippen LogP contribution in [0.25, 0.3) is 11.0 Å². The van der Waals surface area contributed by atoms with Crippen molar-refractivity contribution in [3.8, 4) is 0 Å². The first-order valence-corrected chi connectivity index (χ1v) is 6.61. The van der Waals surface area contributed by atoms with E-state index < -0.39 is 0 Å². The fourth-order valence-electron chi connectivity index (χ4n) is 2.29. The van der Waals surface area contributed by atoms with Crippen molar-refractivity contribution in [2.75, 3.05) is 19.8 Å². The van der Waals surface area contributed by atoms with Crippen LogP contribution in [0.1, 0.15) is 17.5 Å². The molecule has 1 atom stereocenters. The van der Waals surface area contributed by atoms with Gasteiger partial charge in [-0.25, -0.2) is 0 Å². The molecule has 4 nitrogen and oxygen atoms in total. The van der Waals surface area contributed by atoms with E-state index in [0.29, 0.717) is 36.1 Å². The van der Waals surface area contributed by atoms with Crippen LogP contribution in [0.3, 0.4) is 0 Å². The average molecular weight is 280 g/mol. The smallest absolute Gasteiger partial charge is 0.290 e. The van der Waals surface area contributed by atoms with Gasteiger partial charge in [-0.2, -0.15) is 0 Å². The number of amides is 1. The second kappa shape index (κ2) is 4.87. The second-order valence-corrected chi connectivity index (χ2v) is 5.15. The number of ether oxygens (including phenoxy) is 1. The summed E-state index contributed by atoms with van der Waals surface area (Å²) in [4.78, 5) is 14.2. The molecule has 0 saturated carbocycles. The zero-order chi connectivity index (χ0) is 13.4. The van der Waals surface area contributed by atoms with Crippen LogP contribution in [0.4, 0.5) is 0 Å². The highest BCUT2D eigenvalue weighted by Crippen LogP contribution is 2.24. The zero-order valence-corrected chi connectivity index (χ0v) is 11.3. The van der Waals surface area contributed by atoms with Crippen molar-refractivity contribution < 1.29 is 13.9 Å². The fraction of sp³-hybridized carbons (Fsp3) is 0.357. The average Bonchev–Trinajstić information content (AvgIpc) is 2.81. The Balaban J connectivity index is 1.92. The van der Waals surface area contributed by atoms with Crippen molar-refractivity contribution in [1.82, 2.24) is 4.90 Å². The Hall–Kier alpha value is -1.52. The number of benzene rings is 1. The van der Waals surface area contributed by atoms with Crippen LogP contribution in [0.2, 0.25) is 5.02 Å². The van der Waals surface area contributed by atoms with Crippen LogP contribution < -0.4 is 0 Å². The lowest BCUT2D eigenvalue weighted by Crippen LogP contribution is -2.47. The highest BCUT2D eigenvalue weighted by Gasteiger charge is 2.27. The Morgan fingerprint density at radius 3 is 3.05 bits per heavy atom. The van der Waals surface area contributed by atoms with Gasteiger partial charge in [0.05, 0.1) is 19.3 Å². The van der Waals surface area contributed by atoms with Gasteiger partial charge in [-0.15, -0.1) is 0 Å². The molecule has 0 bridgehead atoms. The number of hydrogen-bond donors (Lipinski definition) is 0. The van der Waals surface area contributed by atoms with E-state index in [9.17, 15) is 4.79 Å². The van der Waals surface area contributed by atoms with E-state index in [1.807, 2.05) is 6.92 Å². The normalized spacial score (nSPS) is 19.9. The number of carbonyl (C=O) groups is 1. The summed E-state index contributed by atoms with van der Waals surface area (Å²) in [5.41, 5.74) is 0.675. The Kier molecular flexibility index (Phi) is 3.21. The van der Waals surface area contributed by atoms with Gasteiger partial charge in [0, 0.05) is 17.0 Å². The lowest BCUT2D eigenvalue weighted by atomic mass is 10.2. The first kappa shape index (κ1) is 12.5. The number of fused-ring (bicyclic) bond motifs is 1. The van der Waals surface area contributed by atoms with Gasteiger partial charge in [-0.05, 0) is 31.2 Å². The number of nitrogens with zero attached hydrogens (tertiary/aromatic N) is 1. The van der Waals surface area contributed by atoms with E-state index in [2.05, 4.69) is 0 Å². The summed E-state index contributed by atoms with van der Waals surface area (Å²) in [7, 11) is 0. The maximum absolute atomic E-state index is 12.4. The maximum atomic E-state index is 12.4. The summed E-state index contributed by atoms with van der Waals surface area (Å²) in [6, 6.07) is 7.13. The molecule has 1 fully saturated rings. The highest BCUT2D eigenvalue weighted by atomic mass is 35.5. The van der Waals surface area contributed by atoms with Gasteiger partial charge in [0.1, 0.15) is 5.58 Å². The van der Waals surface area contributed by atoms with Crippen LogP contribution in [-0.4, -0.2) is 36.6 Å². The SMILES string of the molecule is CC1COCCN1C(=O)c1cc2cc(Cl)ccc2o1. The van der Waals surface area contributed by atoms with Crippen molar-refractivity contribution >= 4 is 28.5 Å². The lowest BCUT2D eigenvalue weighted by molar-refractivity contribution is 0.00208. The minimum Gasteiger partial charge on any atom is -0.451 e. The molecule has 100 valence electrons. The molecule has 0 radical (unpaired) electrons. The molecule has 1 aliphatic rings. The molecule has 1 aromatic heterocycles. The van der Waals surface area contributed by atoms with Crippen LogP contribution in [-0.2, 0) is 4.74 Å². The summed E-state index contributed by atoms with van der Waals surface area (Å²) in [5.74, 6) is 0.258. The number of morpholine rings is 1. The molecule has 0 spiro atoms. The maximum Gasteiger partial charge on any atom is 0.290 e. The molecule has 5 heteroatoms. The zero-order valence-electron chi connectivity index (χ0n) is 10.6. The van der Waals surface area contributed by atoms with E-state index in [1.165, 1.54) is 0 Å². The molecule has 1 aliphatic heterocycles. The molecule has 0 N–H and O–H groups in total. The molecular weight excluding hydrogens is 266 g/mol. The minimum atomic E-state index is -0.0943. The number of furan rings is 1. The van der Waals surface area contributed by atoms with Gasteiger partial charge >= 0.3 is 0 Å². The molecule has 3 rings (SSSR count). The molecule has 1 aromatic carbocycles. The molecule has 1 unspecified atom stereocenters. The predicted octanol–water partition coefficient (Wildman–Crippen LogP) is 2.95. The van der Waals surface area contributed by atoms with E-state index >= 15 is 0 Å². The van der Waals surface area contributed by atoms with Crippen LogP contribution in [0, 0.1) is 0 Å². The largest absolute Gasteiger partial charge is 0.451 e. The summed E-state index contributed by atoms with van der Waals surface area (Å²) in [6.07, 6.45) is 0. The van der Waals surface area contributed by atoms with Gasteiger partial charge in [0.15, 0.2) is 5.76 Å². The van der Waals surface area contributed by atoms with E-state index in [-0.39, 0.29) is 11.9 Å². The van der Waals surface area contributed by atoms with Gasteiger partial charge in [-0.3, -0.25) is 4.79 Å². The minimum absolute atomic E-state index is 0.0676. The Morgan fingerprint density at radius 1 is 1.42 bits per heavy atom. The molecule has 1 saturated heterocycles. The van der Waals surface area contributed by atoms with E-state index in [1.54, 1.807) is 29.2 Å². The van der Waals surface area contributed by atoms with Crippen molar-refractivity contribution in [3.05, 3.63) is 35.0 Å². The molecule has 0 aliphatic carbocycles. The van der Waals surface area contributed by atoms with E-state index in [4.69, 9.17) is 20.8 Å². The number of carbonyl (C=O) groups excluding carboxylic acids is 1. The molecular formula is C14H14ClNO3. The second-order valence-electron chi connectivity index (χ2n) is 4.72. The van der Waals surface area contributed by atoms with Crippen molar-refractivity contribution in [3.63, 3.8) is 0 Å². The highest BCUT2D eigenvalue weighted by molar-refractivity contribution is 6.31. The van der Waals surface area contributed by atoms with Gasteiger partial charge in [0.2, 0.25) is 0 Å². The Morgan fingerprint density at radius 2 is 2.26 bits per heavy atom. The quantitative estimate of drug-likeness (QED) is 0.806. The third-order valence-electron chi connectivity index (χ3n) is 3.32. The Bertz CT molecular complexity index is 622. The standard InChI is InChI=1S/C14H14ClNO3/c1-9-8-18-5-4-16(9)14(17)13-7-10-6-11(15)2-3-12(10)19-13/h2-3,6-7,9H,4-5,8H2,1H3. The summed E-state index contributed by atoms with van der Waals surface area (Å²) in [5, 5.41) is 1.48. The van der Waals surface area contributed by atoms with Crippen LogP contribution >= 0.6 is 11.6 Å². The van der Waals surface area contributed by atoms with Crippen molar-refractivity contribution in [1.29, 1.82) is 0 Å². The molecule has 19 heavy (non-hydrogen) atoms. The van der Waals surface area contributed by atoms with Crippen molar-refractivity contribution in [2.45, 2.75) is 13.0 Å². The third kappa shape index (κ3) is 2.33. The molecule has 2 heterocycles. The van der Waals surface area contributed by atoms with Gasteiger partial charge in [-0.1, -0.05) is 11.6 Å². The monoisotopic (exact) mass is 279 g/mol. The van der Waals surface area contributed by atoms with Crippen LogP contribution in [0.15, 0.2) is 28.7 Å². The van der Waals surface area contributed by atoms with Gasteiger partial charge < -0.3 is 14.1 Å². The third-order valence-corrected chi connectivity index (χ3v) is 3.55. The number of rotatable bonds is 1. The summed E-state index contributed by atoms with van der Waals surface area (Å²) >= 11 is 5.93. The fourth-order valence-corrected chi connectivity index (χ4v) is 2.47. The molecule has 2 aromatic rings. The number of hydrogen-bond acceptors (Lipinski definition) is 3. The van der Waals surface area contributed by atoms with Crippen molar-refractivity contribution in [2.24, 2.45) is 0 Å². The topological polar surface area (TPSA) is 42.7 Å². The first-order chi connectivity index (χ1) is 9.15. The summed E-state index contributed by atoms with van der Waals surface area (Å²) < 4.78 is 10.9. The van der Waals surface area contributed by atoms with E-state index in [0.717, 1.165) is 5.39 Å². The molecule has 1 amide bonds.